The molecule has 0 saturated carbocycles. The number of benzene rings is 1. The van der Waals surface area contributed by atoms with E-state index in [4.69, 9.17) is 20.4 Å². The van der Waals surface area contributed by atoms with Gasteiger partial charge in [0, 0.05) is 13.0 Å². The second-order valence-corrected chi connectivity index (χ2v) is 6.98. The zero-order valence-electron chi connectivity index (χ0n) is 13.6. The average molecular weight is 392 g/mol. The summed E-state index contributed by atoms with van der Waals surface area (Å²) in [6.45, 7) is 1.08. The number of aromatic nitrogens is 4. The molecule has 4 rings (SSSR count). The summed E-state index contributed by atoms with van der Waals surface area (Å²) in [6.07, 6.45) is 1.46. The highest BCUT2D eigenvalue weighted by molar-refractivity contribution is 7.98. The third-order valence-electron chi connectivity index (χ3n) is 3.84. The normalized spacial score (nSPS) is 14.3. The first-order valence-corrected chi connectivity index (χ1v) is 9.35. The van der Waals surface area contributed by atoms with Crippen LogP contribution in [-0.4, -0.2) is 37.7 Å². The zero-order chi connectivity index (χ0) is 17.9. The van der Waals surface area contributed by atoms with Gasteiger partial charge in [0.1, 0.15) is 0 Å². The molecule has 1 fully saturated rings. The van der Waals surface area contributed by atoms with Crippen molar-refractivity contribution in [3.63, 3.8) is 0 Å². The van der Waals surface area contributed by atoms with Crippen molar-refractivity contribution >= 4 is 29.3 Å². The molecule has 1 aromatic carbocycles. The molecule has 0 aliphatic carbocycles. The molecule has 134 valence electrons. The Morgan fingerprint density at radius 1 is 1.12 bits per heavy atom. The number of likely N-dealkylation sites (tertiary alicyclic amines) is 1. The molecule has 0 N–H and O–H groups in total. The van der Waals surface area contributed by atoms with Crippen LogP contribution in [0.3, 0.4) is 0 Å². The smallest absolute Gasteiger partial charge is 0.277 e. The number of rotatable bonds is 6. The predicted molar refractivity (Wildman–Crippen MR) is 93.3 cm³/mol. The van der Waals surface area contributed by atoms with Crippen molar-refractivity contribution in [3.05, 3.63) is 41.1 Å². The van der Waals surface area contributed by atoms with E-state index in [0.717, 1.165) is 13.0 Å². The van der Waals surface area contributed by atoms with Crippen molar-refractivity contribution in [3.8, 4) is 11.5 Å². The topological polar surface area (TPSA) is 98.2 Å². The molecule has 2 aromatic heterocycles. The van der Waals surface area contributed by atoms with Gasteiger partial charge >= 0.3 is 0 Å². The quantitative estimate of drug-likeness (QED) is 0.591. The van der Waals surface area contributed by atoms with E-state index in [-0.39, 0.29) is 5.91 Å². The Labute approximate surface area is 157 Å². The Bertz CT molecular complexity index is 928. The molecule has 1 aliphatic rings. The molecule has 1 aliphatic heterocycles. The molecular weight excluding hydrogens is 378 g/mol. The van der Waals surface area contributed by atoms with Crippen molar-refractivity contribution in [2.24, 2.45) is 0 Å². The largest absolute Gasteiger partial charge is 0.420 e. The predicted octanol–water partition coefficient (Wildman–Crippen LogP) is 3.19. The minimum Gasteiger partial charge on any atom is -0.420 e. The molecule has 1 saturated heterocycles. The second kappa shape index (κ2) is 7.46. The summed E-state index contributed by atoms with van der Waals surface area (Å²) in [5.41, 5.74) is 0.688. The summed E-state index contributed by atoms with van der Waals surface area (Å²) in [5, 5.41) is 16.9. The molecule has 0 radical (unpaired) electrons. The van der Waals surface area contributed by atoms with E-state index in [1.165, 1.54) is 11.8 Å². The van der Waals surface area contributed by atoms with Crippen LogP contribution in [-0.2, 0) is 17.1 Å². The van der Waals surface area contributed by atoms with Gasteiger partial charge in [0.25, 0.3) is 5.22 Å². The number of carbonyl (C=O) groups excluding carboxylic acids is 1. The molecule has 10 heteroatoms. The fraction of sp³-hybridized carbons (Fsp3) is 0.312. The molecule has 0 bridgehead atoms. The number of halogens is 1. The lowest BCUT2D eigenvalue weighted by atomic mass is 10.2. The second-order valence-electron chi connectivity index (χ2n) is 5.65. The average Bonchev–Trinajstić information content (AvgIpc) is 3.36. The number of carbonyl (C=O) groups is 1. The first-order chi connectivity index (χ1) is 12.7. The zero-order valence-corrected chi connectivity index (χ0v) is 15.2. The summed E-state index contributed by atoms with van der Waals surface area (Å²) in [6, 6.07) is 7.27. The maximum Gasteiger partial charge on any atom is 0.277 e. The fourth-order valence-corrected chi connectivity index (χ4v) is 3.41. The Hall–Kier alpha value is -2.39. The third-order valence-corrected chi connectivity index (χ3v) is 4.97. The minimum atomic E-state index is 0.121. The van der Waals surface area contributed by atoms with Gasteiger partial charge in [-0.25, -0.2) is 0 Å². The lowest BCUT2D eigenvalue weighted by molar-refractivity contribution is -0.128. The lowest BCUT2D eigenvalue weighted by Crippen LogP contribution is -2.23. The molecule has 1 amide bonds. The molecular formula is C16H14ClN5O3S. The first-order valence-electron chi connectivity index (χ1n) is 7.99. The van der Waals surface area contributed by atoms with Crippen LogP contribution in [0.25, 0.3) is 11.5 Å². The van der Waals surface area contributed by atoms with Gasteiger partial charge in [-0.15, -0.1) is 20.4 Å². The number of hydrogen-bond acceptors (Lipinski definition) is 8. The summed E-state index contributed by atoms with van der Waals surface area (Å²) in [7, 11) is 0. The number of thioether (sulfide) groups is 1. The van der Waals surface area contributed by atoms with Crippen LogP contribution in [0.5, 0.6) is 0 Å². The maximum absolute atomic E-state index is 11.6. The standard InChI is InChI=1S/C16H14ClN5O3S/c17-11-5-2-1-4-10(11)15-20-19-13(24-15)9-26-16-21-18-12(25-16)8-22-7-3-6-14(22)23/h1-2,4-5H,3,6-9H2. The Morgan fingerprint density at radius 2 is 1.96 bits per heavy atom. The van der Waals surface area contributed by atoms with Gasteiger partial charge in [-0.2, -0.15) is 0 Å². The van der Waals surface area contributed by atoms with Gasteiger partial charge in [0.05, 0.1) is 22.9 Å². The number of hydrogen-bond donors (Lipinski definition) is 0. The molecule has 26 heavy (non-hydrogen) atoms. The highest BCUT2D eigenvalue weighted by Gasteiger charge is 2.22. The van der Waals surface area contributed by atoms with Crippen LogP contribution in [0.1, 0.15) is 24.6 Å². The SMILES string of the molecule is O=C1CCCN1Cc1nnc(SCc2nnc(-c3ccccc3Cl)o2)o1. The van der Waals surface area contributed by atoms with Crippen LogP contribution in [0.15, 0.2) is 38.3 Å². The van der Waals surface area contributed by atoms with Crippen molar-refractivity contribution in [2.75, 3.05) is 6.54 Å². The molecule has 0 spiro atoms. The number of amides is 1. The molecule has 0 unspecified atom stereocenters. The van der Waals surface area contributed by atoms with Crippen molar-refractivity contribution in [2.45, 2.75) is 30.4 Å². The molecule has 3 aromatic rings. The van der Waals surface area contributed by atoms with Crippen LogP contribution >= 0.6 is 23.4 Å². The number of nitrogens with zero attached hydrogens (tertiary/aromatic N) is 5. The van der Waals surface area contributed by atoms with E-state index in [0.29, 0.717) is 52.2 Å². The van der Waals surface area contributed by atoms with Crippen LogP contribution in [0, 0.1) is 0 Å². The van der Waals surface area contributed by atoms with E-state index in [2.05, 4.69) is 20.4 Å². The Morgan fingerprint density at radius 3 is 2.77 bits per heavy atom. The van der Waals surface area contributed by atoms with Gasteiger partial charge in [-0.3, -0.25) is 4.79 Å². The monoisotopic (exact) mass is 391 g/mol. The third kappa shape index (κ3) is 3.73. The fourth-order valence-electron chi connectivity index (χ4n) is 2.57. The van der Waals surface area contributed by atoms with Crippen LogP contribution in [0.4, 0.5) is 0 Å². The van der Waals surface area contributed by atoms with E-state index in [1.807, 2.05) is 18.2 Å². The van der Waals surface area contributed by atoms with Crippen molar-refractivity contribution in [1.29, 1.82) is 0 Å². The van der Waals surface area contributed by atoms with Crippen LogP contribution in [0.2, 0.25) is 5.02 Å². The van der Waals surface area contributed by atoms with Gasteiger partial charge in [0.15, 0.2) is 0 Å². The first kappa shape index (κ1) is 17.0. The van der Waals surface area contributed by atoms with E-state index in [9.17, 15) is 4.79 Å². The summed E-state index contributed by atoms with van der Waals surface area (Å²) < 4.78 is 11.2. The van der Waals surface area contributed by atoms with Gasteiger partial charge in [-0.1, -0.05) is 35.5 Å². The summed E-state index contributed by atoms with van der Waals surface area (Å²) in [4.78, 5) is 13.4. The van der Waals surface area contributed by atoms with E-state index >= 15 is 0 Å². The van der Waals surface area contributed by atoms with Gasteiger partial charge in [-0.05, 0) is 18.6 Å². The summed E-state index contributed by atoms with van der Waals surface area (Å²) in [5.74, 6) is 1.73. The van der Waals surface area contributed by atoms with Crippen molar-refractivity contribution in [1.82, 2.24) is 25.3 Å². The van der Waals surface area contributed by atoms with E-state index < -0.39 is 0 Å². The van der Waals surface area contributed by atoms with Gasteiger partial charge in [0.2, 0.25) is 23.6 Å². The minimum absolute atomic E-state index is 0.121. The summed E-state index contributed by atoms with van der Waals surface area (Å²) >= 11 is 7.42. The molecule has 3 heterocycles. The highest BCUT2D eigenvalue weighted by atomic mass is 35.5. The lowest BCUT2D eigenvalue weighted by Gasteiger charge is -2.11. The molecule has 8 nitrogen and oxygen atoms in total. The maximum atomic E-state index is 11.6. The van der Waals surface area contributed by atoms with Crippen molar-refractivity contribution < 1.29 is 13.6 Å². The highest BCUT2D eigenvalue weighted by Crippen LogP contribution is 2.28. The molecule has 0 atom stereocenters. The Balaban J connectivity index is 1.36. The van der Waals surface area contributed by atoms with Crippen LogP contribution < -0.4 is 0 Å². The van der Waals surface area contributed by atoms with E-state index in [1.54, 1.807) is 11.0 Å². The Kier molecular flexibility index (Phi) is 4.89. The van der Waals surface area contributed by atoms with Gasteiger partial charge < -0.3 is 13.7 Å².